The van der Waals surface area contributed by atoms with Crippen molar-refractivity contribution < 1.29 is 14.7 Å². The maximum atomic E-state index is 11.9. The van der Waals surface area contributed by atoms with Gasteiger partial charge in [0.2, 0.25) is 5.91 Å². The highest BCUT2D eigenvalue weighted by Crippen LogP contribution is 2.21. The number of benzene rings is 2. The first-order valence-electron chi connectivity index (χ1n) is 6.13. The first kappa shape index (κ1) is 15.1. The van der Waals surface area contributed by atoms with Crippen molar-refractivity contribution in [1.29, 1.82) is 0 Å². The molecule has 2 rings (SSSR count). The maximum absolute atomic E-state index is 11.9. The van der Waals surface area contributed by atoms with Crippen LogP contribution in [0.2, 0.25) is 0 Å². The second-order valence-corrected chi connectivity index (χ2v) is 5.32. The lowest BCUT2D eigenvalue weighted by Crippen LogP contribution is -2.15. The lowest BCUT2D eigenvalue weighted by Gasteiger charge is -2.08. The highest BCUT2D eigenvalue weighted by atomic mass is 79.9. The van der Waals surface area contributed by atoms with E-state index in [4.69, 9.17) is 10.8 Å². The van der Waals surface area contributed by atoms with Crippen molar-refractivity contribution >= 4 is 39.2 Å². The zero-order valence-corrected chi connectivity index (χ0v) is 12.6. The molecule has 108 valence electrons. The van der Waals surface area contributed by atoms with Crippen molar-refractivity contribution in [3.63, 3.8) is 0 Å². The van der Waals surface area contributed by atoms with Gasteiger partial charge in [-0.15, -0.1) is 0 Å². The third-order valence-electron chi connectivity index (χ3n) is 2.80. The lowest BCUT2D eigenvalue weighted by atomic mass is 10.1. The molecule has 0 atom stereocenters. The number of amides is 1. The monoisotopic (exact) mass is 348 g/mol. The van der Waals surface area contributed by atoms with E-state index in [1.807, 2.05) is 0 Å². The average Bonchev–Trinajstić information content (AvgIpc) is 2.40. The molecule has 0 fully saturated rings. The average molecular weight is 349 g/mol. The SMILES string of the molecule is Nc1cccc(CC(=O)Nc2ccc(Br)c(C(=O)O)c2)c1. The molecule has 0 unspecified atom stereocenters. The Labute approximate surface area is 129 Å². The van der Waals surface area contributed by atoms with E-state index in [2.05, 4.69) is 21.2 Å². The molecule has 2 aromatic rings. The van der Waals surface area contributed by atoms with Gasteiger partial charge in [0.15, 0.2) is 0 Å². The number of carboxylic acids is 1. The van der Waals surface area contributed by atoms with Crippen LogP contribution in [-0.4, -0.2) is 17.0 Å². The Bertz CT molecular complexity index is 701. The summed E-state index contributed by atoms with van der Waals surface area (Å²) in [6.07, 6.45) is 0.170. The van der Waals surface area contributed by atoms with Crippen LogP contribution in [0.5, 0.6) is 0 Å². The topological polar surface area (TPSA) is 92.4 Å². The van der Waals surface area contributed by atoms with E-state index < -0.39 is 5.97 Å². The van der Waals surface area contributed by atoms with E-state index in [1.54, 1.807) is 36.4 Å². The molecule has 0 aromatic heterocycles. The minimum absolute atomic E-state index is 0.0942. The Morgan fingerprint density at radius 3 is 2.62 bits per heavy atom. The van der Waals surface area contributed by atoms with Crippen LogP contribution in [0.1, 0.15) is 15.9 Å². The summed E-state index contributed by atoms with van der Waals surface area (Å²) in [4.78, 5) is 23.0. The number of aromatic carboxylic acids is 1. The molecule has 0 saturated heterocycles. The van der Waals surface area contributed by atoms with Crippen molar-refractivity contribution in [2.45, 2.75) is 6.42 Å². The highest BCUT2D eigenvalue weighted by Gasteiger charge is 2.11. The van der Waals surface area contributed by atoms with Crippen LogP contribution < -0.4 is 11.1 Å². The van der Waals surface area contributed by atoms with Crippen LogP contribution in [0.4, 0.5) is 11.4 Å². The second-order valence-electron chi connectivity index (χ2n) is 4.47. The predicted octanol–water partition coefficient (Wildman–Crippen LogP) is 2.91. The zero-order valence-electron chi connectivity index (χ0n) is 11.0. The first-order chi connectivity index (χ1) is 9.95. The van der Waals surface area contributed by atoms with Gasteiger partial charge in [0.05, 0.1) is 12.0 Å². The molecule has 0 heterocycles. The van der Waals surface area contributed by atoms with Crippen LogP contribution in [0.25, 0.3) is 0 Å². The Hall–Kier alpha value is -2.34. The van der Waals surface area contributed by atoms with Crippen molar-refractivity contribution in [2.24, 2.45) is 0 Å². The number of carbonyl (C=O) groups is 2. The van der Waals surface area contributed by atoms with Gasteiger partial charge in [-0.2, -0.15) is 0 Å². The van der Waals surface area contributed by atoms with Gasteiger partial charge in [-0.05, 0) is 51.8 Å². The van der Waals surface area contributed by atoms with Crippen LogP contribution >= 0.6 is 15.9 Å². The molecule has 2 aromatic carbocycles. The lowest BCUT2D eigenvalue weighted by molar-refractivity contribution is -0.115. The molecule has 0 spiro atoms. The van der Waals surface area contributed by atoms with E-state index in [0.29, 0.717) is 15.8 Å². The molecule has 0 radical (unpaired) electrons. The molecule has 21 heavy (non-hydrogen) atoms. The fourth-order valence-corrected chi connectivity index (χ4v) is 2.28. The number of halogens is 1. The van der Waals surface area contributed by atoms with E-state index in [0.717, 1.165) is 5.56 Å². The normalized spacial score (nSPS) is 10.1. The number of carbonyl (C=O) groups excluding carboxylic acids is 1. The Balaban J connectivity index is 2.09. The number of hydrogen-bond donors (Lipinski definition) is 3. The van der Waals surface area contributed by atoms with Gasteiger partial charge in [0, 0.05) is 15.8 Å². The standard InChI is InChI=1S/C15H13BrN2O3/c16-13-5-4-11(8-12(13)15(20)21)18-14(19)7-9-2-1-3-10(17)6-9/h1-6,8H,7,17H2,(H,18,19)(H,20,21). The minimum Gasteiger partial charge on any atom is -0.478 e. The van der Waals surface area contributed by atoms with Gasteiger partial charge >= 0.3 is 5.97 Å². The van der Waals surface area contributed by atoms with Crippen molar-refractivity contribution in [3.05, 3.63) is 58.1 Å². The molecule has 1 amide bonds. The Kier molecular flexibility index (Phi) is 4.59. The quantitative estimate of drug-likeness (QED) is 0.740. The second kappa shape index (κ2) is 6.41. The molecule has 6 heteroatoms. The van der Waals surface area contributed by atoms with Crippen molar-refractivity contribution in [1.82, 2.24) is 0 Å². The molecular formula is C15H13BrN2O3. The van der Waals surface area contributed by atoms with Gasteiger partial charge in [0.25, 0.3) is 0 Å². The van der Waals surface area contributed by atoms with Gasteiger partial charge < -0.3 is 16.2 Å². The number of rotatable bonds is 4. The molecule has 0 saturated carbocycles. The van der Waals surface area contributed by atoms with Gasteiger partial charge in [-0.25, -0.2) is 4.79 Å². The molecule has 4 N–H and O–H groups in total. The van der Waals surface area contributed by atoms with E-state index in [-0.39, 0.29) is 17.9 Å². The molecule has 5 nitrogen and oxygen atoms in total. The Morgan fingerprint density at radius 2 is 1.95 bits per heavy atom. The van der Waals surface area contributed by atoms with Crippen LogP contribution in [0, 0.1) is 0 Å². The number of carboxylic acid groups (broad SMARTS) is 1. The van der Waals surface area contributed by atoms with Crippen LogP contribution in [0.3, 0.4) is 0 Å². The van der Waals surface area contributed by atoms with E-state index in [1.165, 1.54) is 6.07 Å². The molecule has 0 aliphatic heterocycles. The van der Waals surface area contributed by atoms with Crippen LogP contribution in [0.15, 0.2) is 46.9 Å². The number of nitrogens with two attached hydrogens (primary N) is 1. The zero-order chi connectivity index (χ0) is 15.4. The van der Waals surface area contributed by atoms with Gasteiger partial charge in [-0.3, -0.25) is 4.79 Å². The number of nitrogen functional groups attached to an aromatic ring is 1. The molecule has 0 aliphatic carbocycles. The van der Waals surface area contributed by atoms with Gasteiger partial charge in [0.1, 0.15) is 0 Å². The summed E-state index contributed by atoms with van der Waals surface area (Å²) < 4.78 is 0.462. The summed E-state index contributed by atoms with van der Waals surface area (Å²) in [5, 5.41) is 11.7. The van der Waals surface area contributed by atoms with E-state index in [9.17, 15) is 9.59 Å². The molecule has 0 bridgehead atoms. The Morgan fingerprint density at radius 1 is 1.19 bits per heavy atom. The maximum Gasteiger partial charge on any atom is 0.336 e. The van der Waals surface area contributed by atoms with Crippen LogP contribution in [-0.2, 0) is 11.2 Å². The minimum atomic E-state index is -1.06. The first-order valence-corrected chi connectivity index (χ1v) is 6.92. The van der Waals surface area contributed by atoms with Crippen molar-refractivity contribution in [3.8, 4) is 0 Å². The van der Waals surface area contributed by atoms with Gasteiger partial charge in [-0.1, -0.05) is 12.1 Å². The smallest absolute Gasteiger partial charge is 0.336 e. The fourth-order valence-electron chi connectivity index (χ4n) is 1.86. The van der Waals surface area contributed by atoms with Crippen molar-refractivity contribution in [2.75, 3.05) is 11.1 Å². The summed E-state index contributed by atoms with van der Waals surface area (Å²) in [5.74, 6) is -1.30. The number of hydrogen-bond acceptors (Lipinski definition) is 3. The predicted molar refractivity (Wildman–Crippen MR) is 84.3 cm³/mol. The number of nitrogens with one attached hydrogen (secondary N) is 1. The molecular weight excluding hydrogens is 336 g/mol. The molecule has 0 aliphatic rings. The largest absolute Gasteiger partial charge is 0.478 e. The summed E-state index contributed by atoms with van der Waals surface area (Å²) in [5.41, 5.74) is 7.57. The van der Waals surface area contributed by atoms with E-state index >= 15 is 0 Å². The number of anilines is 2. The highest BCUT2D eigenvalue weighted by molar-refractivity contribution is 9.10. The summed E-state index contributed by atoms with van der Waals surface area (Å²) in [6, 6.07) is 11.7. The third-order valence-corrected chi connectivity index (χ3v) is 3.49. The summed E-state index contributed by atoms with van der Waals surface area (Å²) in [6.45, 7) is 0. The summed E-state index contributed by atoms with van der Waals surface area (Å²) >= 11 is 3.15. The fraction of sp³-hybridized carbons (Fsp3) is 0.0667. The summed E-state index contributed by atoms with van der Waals surface area (Å²) in [7, 11) is 0. The third kappa shape index (κ3) is 4.06.